The number of amides is 1. The lowest BCUT2D eigenvalue weighted by molar-refractivity contribution is -0.148. The van der Waals surface area contributed by atoms with Crippen LogP contribution >= 0.6 is 0 Å². The second kappa shape index (κ2) is 14.3. The van der Waals surface area contributed by atoms with Crippen LogP contribution in [0.1, 0.15) is 77.7 Å². The summed E-state index contributed by atoms with van der Waals surface area (Å²) in [5.74, 6) is -2.01. The number of rotatable bonds is 13. The third-order valence-electron chi connectivity index (χ3n) is 6.21. The third kappa shape index (κ3) is 7.98. The van der Waals surface area contributed by atoms with Crippen molar-refractivity contribution in [1.29, 1.82) is 0 Å². The number of benzene rings is 1. The van der Waals surface area contributed by atoms with Gasteiger partial charge in [0.1, 0.15) is 0 Å². The molecule has 2 rings (SSSR count). The fraction of sp³-hybridized carbons (Fsp3) is 0.536. The van der Waals surface area contributed by atoms with Crippen molar-refractivity contribution in [2.45, 2.75) is 72.1 Å². The molecule has 0 saturated heterocycles. The zero-order valence-corrected chi connectivity index (χ0v) is 21.8. The van der Waals surface area contributed by atoms with Crippen molar-refractivity contribution in [1.82, 2.24) is 10.2 Å². The van der Waals surface area contributed by atoms with Crippen LogP contribution in [0.15, 0.2) is 52.9 Å². The first-order chi connectivity index (χ1) is 16.8. The van der Waals surface area contributed by atoms with E-state index in [0.717, 1.165) is 18.4 Å². The number of esters is 2. The van der Waals surface area contributed by atoms with Gasteiger partial charge in [0.25, 0.3) is 5.91 Å². The lowest BCUT2D eigenvalue weighted by Crippen LogP contribution is -2.35. The van der Waals surface area contributed by atoms with E-state index in [4.69, 9.17) is 9.47 Å². The molecule has 1 heterocycles. The number of nitrogens with one attached hydrogen (secondary N) is 1. The fourth-order valence-corrected chi connectivity index (χ4v) is 4.29. The molecule has 1 atom stereocenters. The summed E-state index contributed by atoms with van der Waals surface area (Å²) in [7, 11) is 1.73. The first kappa shape index (κ1) is 28.1. The van der Waals surface area contributed by atoms with Gasteiger partial charge in [0.2, 0.25) is 0 Å². The lowest BCUT2D eigenvalue weighted by Gasteiger charge is -2.30. The average Bonchev–Trinajstić information content (AvgIpc) is 2.84. The topological polar surface area (TPSA) is 84.9 Å². The van der Waals surface area contributed by atoms with E-state index >= 15 is 0 Å². The molecule has 1 N–H and O–H groups in total. The molecule has 0 aliphatic carbocycles. The molecule has 7 heteroatoms. The number of allylic oxidation sites excluding steroid dienone is 2. The molecule has 192 valence electrons. The standard InChI is InChI=1S/C28H40N2O5/c1-6-8-9-10-11-15-18-30(5)23(31)19-35-28(33)25-21(4)29-20(3)24(27(32)34-7-2)26(25)22-16-13-12-14-17-22/h12-14,16-17,26,29H,6-11,15,18-19H2,1-5H3. The highest BCUT2D eigenvalue weighted by molar-refractivity contribution is 6.00. The number of dihydropyridines is 1. The van der Waals surface area contributed by atoms with Gasteiger partial charge in [-0.3, -0.25) is 4.79 Å². The Balaban J connectivity index is 2.11. The Morgan fingerprint density at radius 1 is 0.857 bits per heavy atom. The van der Waals surface area contributed by atoms with Gasteiger partial charge in [-0.25, -0.2) is 9.59 Å². The number of carbonyl (C=O) groups is 3. The van der Waals surface area contributed by atoms with Crippen LogP contribution in [0.4, 0.5) is 0 Å². The summed E-state index contributed by atoms with van der Waals surface area (Å²) in [5.41, 5.74) is 2.65. The van der Waals surface area contributed by atoms with E-state index in [-0.39, 0.29) is 19.1 Å². The Hall–Kier alpha value is -3.09. The first-order valence-electron chi connectivity index (χ1n) is 12.6. The predicted molar refractivity (Wildman–Crippen MR) is 136 cm³/mol. The van der Waals surface area contributed by atoms with E-state index in [1.807, 2.05) is 30.3 Å². The van der Waals surface area contributed by atoms with Crippen molar-refractivity contribution in [3.63, 3.8) is 0 Å². The van der Waals surface area contributed by atoms with Crippen LogP contribution < -0.4 is 5.32 Å². The maximum absolute atomic E-state index is 13.2. The van der Waals surface area contributed by atoms with Gasteiger partial charge in [-0.1, -0.05) is 69.4 Å². The monoisotopic (exact) mass is 484 g/mol. The molecule has 1 aliphatic heterocycles. The van der Waals surface area contributed by atoms with E-state index in [1.54, 1.807) is 32.7 Å². The highest BCUT2D eigenvalue weighted by atomic mass is 16.5. The number of likely N-dealkylation sites (N-methyl/N-ethyl adjacent to an activating group) is 1. The minimum Gasteiger partial charge on any atom is -0.463 e. The van der Waals surface area contributed by atoms with E-state index in [0.29, 0.717) is 29.1 Å². The van der Waals surface area contributed by atoms with Crippen LogP contribution in [-0.4, -0.2) is 49.6 Å². The Labute approximate surface area is 209 Å². The number of hydrogen-bond donors (Lipinski definition) is 1. The largest absolute Gasteiger partial charge is 0.463 e. The highest BCUT2D eigenvalue weighted by Gasteiger charge is 2.38. The van der Waals surface area contributed by atoms with Gasteiger partial charge in [-0.15, -0.1) is 0 Å². The maximum atomic E-state index is 13.2. The van der Waals surface area contributed by atoms with Crippen LogP contribution in [-0.2, 0) is 23.9 Å². The summed E-state index contributed by atoms with van der Waals surface area (Å²) >= 11 is 0. The normalized spacial score (nSPS) is 15.5. The summed E-state index contributed by atoms with van der Waals surface area (Å²) in [6, 6.07) is 9.31. The smallest absolute Gasteiger partial charge is 0.337 e. The van der Waals surface area contributed by atoms with Crippen molar-refractivity contribution < 1.29 is 23.9 Å². The van der Waals surface area contributed by atoms with Gasteiger partial charge < -0.3 is 19.7 Å². The van der Waals surface area contributed by atoms with Gasteiger partial charge in [0.15, 0.2) is 6.61 Å². The molecule has 1 amide bonds. The van der Waals surface area contributed by atoms with Gasteiger partial charge in [0.05, 0.1) is 23.7 Å². The zero-order valence-electron chi connectivity index (χ0n) is 21.8. The molecular formula is C28H40N2O5. The van der Waals surface area contributed by atoms with Crippen molar-refractivity contribution >= 4 is 17.8 Å². The van der Waals surface area contributed by atoms with E-state index in [2.05, 4.69) is 12.2 Å². The molecule has 7 nitrogen and oxygen atoms in total. The van der Waals surface area contributed by atoms with Crippen molar-refractivity contribution in [2.24, 2.45) is 0 Å². The summed E-state index contributed by atoms with van der Waals surface area (Å²) in [6.07, 6.45) is 6.84. The van der Waals surface area contributed by atoms with Gasteiger partial charge in [0, 0.05) is 25.0 Å². The molecule has 0 bridgehead atoms. The Morgan fingerprint density at radius 2 is 1.43 bits per heavy atom. The highest BCUT2D eigenvalue weighted by Crippen LogP contribution is 2.39. The first-order valence-corrected chi connectivity index (χ1v) is 12.6. The minimum absolute atomic E-state index is 0.221. The summed E-state index contributed by atoms with van der Waals surface area (Å²) in [6.45, 7) is 7.99. The predicted octanol–water partition coefficient (Wildman–Crippen LogP) is 4.85. The quantitative estimate of drug-likeness (QED) is 0.318. The molecule has 1 aliphatic rings. The van der Waals surface area contributed by atoms with Crippen LogP contribution in [0, 0.1) is 0 Å². The number of nitrogens with zero attached hydrogens (tertiary/aromatic N) is 1. The number of ether oxygens (including phenoxy) is 2. The molecular weight excluding hydrogens is 444 g/mol. The molecule has 1 aromatic carbocycles. The Bertz CT molecular complexity index is 936. The maximum Gasteiger partial charge on any atom is 0.337 e. The van der Waals surface area contributed by atoms with Gasteiger partial charge >= 0.3 is 11.9 Å². The SMILES string of the molecule is CCCCCCCCN(C)C(=O)COC(=O)C1=C(C)NC(C)=C(C(=O)OCC)C1c1ccccc1. The summed E-state index contributed by atoms with van der Waals surface area (Å²) < 4.78 is 10.8. The Morgan fingerprint density at radius 3 is 2.03 bits per heavy atom. The van der Waals surface area contributed by atoms with Crippen molar-refractivity contribution in [3.8, 4) is 0 Å². The second-order valence-corrected chi connectivity index (χ2v) is 8.93. The van der Waals surface area contributed by atoms with Gasteiger partial charge in [-0.05, 0) is 32.8 Å². The fourth-order valence-electron chi connectivity index (χ4n) is 4.29. The molecule has 35 heavy (non-hydrogen) atoms. The second-order valence-electron chi connectivity index (χ2n) is 8.93. The van der Waals surface area contributed by atoms with Crippen molar-refractivity contribution in [2.75, 3.05) is 26.8 Å². The molecule has 0 aromatic heterocycles. The van der Waals surface area contributed by atoms with Crippen LogP contribution in [0.5, 0.6) is 0 Å². The number of unbranched alkanes of at least 4 members (excludes halogenated alkanes) is 5. The molecule has 0 radical (unpaired) electrons. The molecule has 0 saturated carbocycles. The zero-order chi connectivity index (χ0) is 25.8. The van der Waals surface area contributed by atoms with E-state index < -0.39 is 17.9 Å². The Kier molecular flexibility index (Phi) is 11.5. The third-order valence-corrected chi connectivity index (χ3v) is 6.21. The van der Waals surface area contributed by atoms with E-state index in [1.165, 1.54) is 25.7 Å². The van der Waals surface area contributed by atoms with Crippen LogP contribution in [0.2, 0.25) is 0 Å². The lowest BCUT2D eigenvalue weighted by atomic mass is 9.80. The number of carbonyl (C=O) groups excluding carboxylic acids is 3. The van der Waals surface area contributed by atoms with Crippen LogP contribution in [0.25, 0.3) is 0 Å². The number of hydrogen-bond acceptors (Lipinski definition) is 6. The molecule has 1 unspecified atom stereocenters. The average molecular weight is 485 g/mol. The summed E-state index contributed by atoms with van der Waals surface area (Å²) in [5, 5.41) is 3.12. The van der Waals surface area contributed by atoms with Crippen LogP contribution in [0.3, 0.4) is 0 Å². The van der Waals surface area contributed by atoms with Crippen molar-refractivity contribution in [3.05, 3.63) is 58.4 Å². The summed E-state index contributed by atoms with van der Waals surface area (Å²) in [4.78, 5) is 40.3. The molecule has 0 spiro atoms. The van der Waals surface area contributed by atoms with E-state index in [9.17, 15) is 14.4 Å². The van der Waals surface area contributed by atoms with Gasteiger partial charge in [-0.2, -0.15) is 0 Å². The molecule has 1 aromatic rings. The minimum atomic E-state index is -0.653. The molecule has 0 fully saturated rings.